The van der Waals surface area contributed by atoms with Crippen molar-refractivity contribution in [1.82, 2.24) is 9.55 Å². The normalized spacial score (nSPS) is 12.0. The fourth-order valence-electron chi connectivity index (χ4n) is 1.93. The Bertz CT molecular complexity index is 664. The maximum atomic E-state index is 12.4. The molecule has 1 N–H and O–H groups in total. The smallest absolute Gasteiger partial charge is 0.237 e. The lowest BCUT2D eigenvalue weighted by molar-refractivity contribution is -0.115. The van der Waals surface area contributed by atoms with Crippen LogP contribution in [-0.2, 0) is 11.8 Å². The summed E-state index contributed by atoms with van der Waals surface area (Å²) in [7, 11) is 1.90. The SMILES string of the molecule is CC[C@@H](Sc1nccn1C)C(=O)Nc1ccc(C(C)=O)cc1. The van der Waals surface area contributed by atoms with Crippen molar-refractivity contribution in [3.63, 3.8) is 0 Å². The highest BCUT2D eigenvalue weighted by molar-refractivity contribution is 8.00. The fourth-order valence-corrected chi connectivity index (χ4v) is 2.86. The molecule has 6 heteroatoms. The summed E-state index contributed by atoms with van der Waals surface area (Å²) in [4.78, 5) is 27.8. The van der Waals surface area contributed by atoms with Gasteiger partial charge in [-0.05, 0) is 37.6 Å². The van der Waals surface area contributed by atoms with Crippen molar-refractivity contribution >= 4 is 29.1 Å². The zero-order chi connectivity index (χ0) is 16.1. The third-order valence-corrected chi connectivity index (χ3v) is 4.68. The Labute approximate surface area is 134 Å². The van der Waals surface area contributed by atoms with Crippen LogP contribution in [0.25, 0.3) is 0 Å². The number of anilines is 1. The van der Waals surface area contributed by atoms with Crippen molar-refractivity contribution in [2.24, 2.45) is 7.05 Å². The van der Waals surface area contributed by atoms with Crippen molar-refractivity contribution in [2.45, 2.75) is 30.7 Å². The highest BCUT2D eigenvalue weighted by Gasteiger charge is 2.20. The van der Waals surface area contributed by atoms with E-state index < -0.39 is 0 Å². The number of aryl methyl sites for hydroxylation is 1. The minimum atomic E-state index is -0.214. The molecule has 0 aliphatic carbocycles. The molecule has 2 aromatic rings. The van der Waals surface area contributed by atoms with Crippen LogP contribution in [0.1, 0.15) is 30.6 Å². The summed E-state index contributed by atoms with van der Waals surface area (Å²) >= 11 is 1.44. The highest BCUT2D eigenvalue weighted by atomic mass is 32.2. The highest BCUT2D eigenvalue weighted by Crippen LogP contribution is 2.24. The minimum absolute atomic E-state index is 0.00893. The monoisotopic (exact) mass is 317 g/mol. The molecule has 116 valence electrons. The molecule has 1 heterocycles. The third kappa shape index (κ3) is 3.98. The number of hydrogen-bond donors (Lipinski definition) is 1. The number of nitrogens with one attached hydrogen (secondary N) is 1. The molecule has 1 atom stereocenters. The molecular formula is C16H19N3O2S. The van der Waals surface area contributed by atoms with E-state index in [1.54, 1.807) is 30.5 Å². The zero-order valence-corrected chi connectivity index (χ0v) is 13.7. The molecule has 0 spiro atoms. The van der Waals surface area contributed by atoms with Gasteiger partial charge in [-0.25, -0.2) is 4.98 Å². The molecule has 5 nitrogen and oxygen atoms in total. The van der Waals surface area contributed by atoms with Crippen molar-refractivity contribution in [3.05, 3.63) is 42.2 Å². The van der Waals surface area contributed by atoms with Gasteiger partial charge in [0.05, 0.1) is 5.25 Å². The summed E-state index contributed by atoms with van der Waals surface area (Å²) in [6, 6.07) is 6.91. The van der Waals surface area contributed by atoms with Gasteiger partial charge in [0.1, 0.15) is 0 Å². The van der Waals surface area contributed by atoms with Crippen LogP contribution in [0, 0.1) is 0 Å². The predicted molar refractivity (Wildman–Crippen MR) is 88.2 cm³/mol. The van der Waals surface area contributed by atoms with E-state index in [2.05, 4.69) is 10.3 Å². The molecule has 0 radical (unpaired) electrons. The number of imidazole rings is 1. The Morgan fingerprint density at radius 3 is 2.50 bits per heavy atom. The number of nitrogens with zero attached hydrogens (tertiary/aromatic N) is 2. The minimum Gasteiger partial charge on any atom is -0.329 e. The number of carbonyl (C=O) groups is 2. The van der Waals surface area contributed by atoms with Crippen LogP contribution < -0.4 is 5.32 Å². The maximum Gasteiger partial charge on any atom is 0.237 e. The molecule has 0 aliphatic rings. The lowest BCUT2D eigenvalue weighted by atomic mass is 10.1. The molecule has 1 aromatic heterocycles. The number of amides is 1. The Morgan fingerprint density at radius 1 is 1.32 bits per heavy atom. The van der Waals surface area contributed by atoms with E-state index in [4.69, 9.17) is 0 Å². The molecule has 0 fully saturated rings. The van der Waals surface area contributed by atoms with Gasteiger partial charge in [0.25, 0.3) is 0 Å². The summed E-state index contributed by atoms with van der Waals surface area (Å²) < 4.78 is 1.89. The quantitative estimate of drug-likeness (QED) is 0.657. The second-order valence-electron chi connectivity index (χ2n) is 4.96. The van der Waals surface area contributed by atoms with E-state index >= 15 is 0 Å². The van der Waals surface area contributed by atoms with Gasteiger partial charge in [-0.15, -0.1) is 0 Å². The Hall–Kier alpha value is -2.08. The first kappa shape index (κ1) is 16.3. The molecular weight excluding hydrogens is 298 g/mol. The Morgan fingerprint density at radius 2 is 2.00 bits per heavy atom. The second kappa shape index (κ2) is 7.26. The molecule has 0 aliphatic heterocycles. The molecule has 0 bridgehead atoms. The van der Waals surface area contributed by atoms with Crippen molar-refractivity contribution in [1.29, 1.82) is 0 Å². The van der Waals surface area contributed by atoms with Gasteiger partial charge in [0.2, 0.25) is 5.91 Å². The van der Waals surface area contributed by atoms with E-state index in [-0.39, 0.29) is 16.9 Å². The fraction of sp³-hybridized carbons (Fsp3) is 0.312. The van der Waals surface area contributed by atoms with Gasteiger partial charge in [-0.2, -0.15) is 0 Å². The number of aromatic nitrogens is 2. The summed E-state index contributed by atoms with van der Waals surface area (Å²) in [5, 5.41) is 3.48. The Kier molecular flexibility index (Phi) is 5.38. The van der Waals surface area contributed by atoms with Crippen LogP contribution in [0.5, 0.6) is 0 Å². The van der Waals surface area contributed by atoms with Gasteiger partial charge in [0.15, 0.2) is 10.9 Å². The van der Waals surface area contributed by atoms with E-state index in [0.717, 1.165) is 5.16 Å². The number of rotatable bonds is 6. The van der Waals surface area contributed by atoms with Crippen LogP contribution in [0.3, 0.4) is 0 Å². The van der Waals surface area contributed by atoms with Gasteiger partial charge >= 0.3 is 0 Å². The molecule has 22 heavy (non-hydrogen) atoms. The van der Waals surface area contributed by atoms with E-state index in [0.29, 0.717) is 17.7 Å². The lowest BCUT2D eigenvalue weighted by Gasteiger charge is -2.14. The lowest BCUT2D eigenvalue weighted by Crippen LogP contribution is -2.25. The first-order chi connectivity index (χ1) is 10.5. The van der Waals surface area contributed by atoms with Crippen LogP contribution in [0.2, 0.25) is 0 Å². The molecule has 1 amide bonds. The van der Waals surface area contributed by atoms with Gasteiger partial charge in [-0.3, -0.25) is 9.59 Å². The number of carbonyl (C=O) groups excluding carboxylic acids is 2. The third-order valence-electron chi connectivity index (χ3n) is 3.25. The first-order valence-electron chi connectivity index (χ1n) is 7.07. The van der Waals surface area contributed by atoms with Crippen molar-refractivity contribution in [2.75, 3.05) is 5.32 Å². The van der Waals surface area contributed by atoms with Gasteiger partial charge in [0, 0.05) is 30.7 Å². The first-order valence-corrected chi connectivity index (χ1v) is 7.95. The summed E-state index contributed by atoms with van der Waals surface area (Å²) in [5.41, 5.74) is 1.32. The largest absolute Gasteiger partial charge is 0.329 e. The molecule has 0 saturated carbocycles. The van der Waals surface area contributed by atoms with Crippen LogP contribution >= 0.6 is 11.8 Å². The van der Waals surface area contributed by atoms with Crippen molar-refractivity contribution in [3.8, 4) is 0 Å². The maximum absolute atomic E-state index is 12.4. The zero-order valence-electron chi connectivity index (χ0n) is 12.9. The molecule has 1 aromatic carbocycles. The van der Waals surface area contributed by atoms with Crippen LogP contribution in [0.15, 0.2) is 41.8 Å². The van der Waals surface area contributed by atoms with Gasteiger partial charge in [-0.1, -0.05) is 18.7 Å². The van der Waals surface area contributed by atoms with E-state index in [1.807, 2.05) is 24.7 Å². The van der Waals surface area contributed by atoms with Crippen molar-refractivity contribution < 1.29 is 9.59 Å². The van der Waals surface area contributed by atoms with Crippen LogP contribution in [0.4, 0.5) is 5.69 Å². The molecule has 0 saturated heterocycles. The average molecular weight is 317 g/mol. The Balaban J connectivity index is 2.02. The summed E-state index contributed by atoms with van der Waals surface area (Å²) in [5.74, 6) is -0.0549. The topological polar surface area (TPSA) is 64.0 Å². The molecule has 0 unspecified atom stereocenters. The average Bonchev–Trinajstić information content (AvgIpc) is 2.90. The number of benzene rings is 1. The second-order valence-corrected chi connectivity index (χ2v) is 6.13. The number of hydrogen-bond acceptors (Lipinski definition) is 4. The van der Waals surface area contributed by atoms with Crippen LogP contribution in [-0.4, -0.2) is 26.5 Å². The number of thioether (sulfide) groups is 1. The standard InChI is InChI=1S/C16H19N3O2S/c1-4-14(22-16-17-9-10-19(16)3)15(21)18-13-7-5-12(6-8-13)11(2)20/h5-10,14H,4H2,1-3H3,(H,18,21)/t14-/m1/s1. The number of Topliss-reactive ketones (excluding diaryl/α,β-unsaturated/α-hetero) is 1. The summed E-state index contributed by atoms with van der Waals surface area (Å²) in [6.45, 7) is 3.49. The van der Waals surface area contributed by atoms with E-state index in [1.165, 1.54) is 18.7 Å². The number of ketones is 1. The van der Waals surface area contributed by atoms with Gasteiger partial charge < -0.3 is 9.88 Å². The predicted octanol–water partition coefficient (Wildman–Crippen LogP) is 3.13. The van der Waals surface area contributed by atoms with E-state index in [9.17, 15) is 9.59 Å². The molecule has 2 rings (SSSR count). The summed E-state index contributed by atoms with van der Waals surface area (Å²) in [6.07, 6.45) is 4.27.